The van der Waals surface area contributed by atoms with Crippen molar-refractivity contribution in [1.29, 1.82) is 0 Å². The smallest absolute Gasteiger partial charge is 0.119 e. The summed E-state index contributed by atoms with van der Waals surface area (Å²) >= 11 is 0. The maximum Gasteiger partial charge on any atom is 0.119 e. The Kier molecular flexibility index (Phi) is 6.12. The lowest BCUT2D eigenvalue weighted by molar-refractivity contribution is 0.0547. The molecule has 0 amide bonds. The largest absolute Gasteiger partial charge is 0.494 e. The number of aliphatic hydroxyl groups is 1. The molecule has 1 rings (SSSR count). The standard InChI is InChI=1S/C14H23NO3/c1-4-18-13-7-5-6-12(10-13)14(2,16)11-15-8-9-17-3/h5-7,10,15-16H,4,8-9,11H2,1-3H3. The topological polar surface area (TPSA) is 50.7 Å². The first kappa shape index (κ1) is 15.0. The van der Waals surface area contributed by atoms with Crippen molar-refractivity contribution in [3.63, 3.8) is 0 Å². The van der Waals surface area contributed by atoms with Gasteiger partial charge in [0.05, 0.1) is 18.8 Å². The number of hydrogen-bond donors (Lipinski definition) is 2. The van der Waals surface area contributed by atoms with Gasteiger partial charge >= 0.3 is 0 Å². The molecule has 18 heavy (non-hydrogen) atoms. The Morgan fingerprint density at radius 3 is 2.83 bits per heavy atom. The summed E-state index contributed by atoms with van der Waals surface area (Å²) in [6.07, 6.45) is 0. The van der Waals surface area contributed by atoms with Crippen LogP contribution < -0.4 is 10.1 Å². The van der Waals surface area contributed by atoms with Crippen molar-refractivity contribution < 1.29 is 14.6 Å². The van der Waals surface area contributed by atoms with Crippen LogP contribution in [0.3, 0.4) is 0 Å². The molecular weight excluding hydrogens is 230 g/mol. The molecule has 0 aliphatic heterocycles. The predicted octanol–water partition coefficient (Wildman–Crippen LogP) is 1.53. The van der Waals surface area contributed by atoms with Crippen LogP contribution in [0.5, 0.6) is 5.75 Å². The molecule has 4 heteroatoms. The van der Waals surface area contributed by atoms with Crippen LogP contribution in [-0.2, 0) is 10.3 Å². The minimum absolute atomic E-state index is 0.478. The molecule has 0 aromatic heterocycles. The third-order valence-electron chi connectivity index (χ3n) is 2.72. The van der Waals surface area contributed by atoms with E-state index in [0.717, 1.165) is 17.9 Å². The van der Waals surface area contributed by atoms with E-state index >= 15 is 0 Å². The number of hydrogen-bond acceptors (Lipinski definition) is 4. The van der Waals surface area contributed by atoms with Gasteiger partial charge < -0.3 is 19.9 Å². The summed E-state index contributed by atoms with van der Waals surface area (Å²) in [4.78, 5) is 0. The van der Waals surface area contributed by atoms with Crippen LogP contribution in [0, 0.1) is 0 Å². The van der Waals surface area contributed by atoms with Gasteiger partial charge in [-0.15, -0.1) is 0 Å². The van der Waals surface area contributed by atoms with E-state index in [9.17, 15) is 5.11 Å². The maximum atomic E-state index is 10.4. The lowest BCUT2D eigenvalue weighted by Gasteiger charge is -2.24. The fourth-order valence-corrected chi connectivity index (χ4v) is 1.70. The molecule has 102 valence electrons. The number of methoxy groups -OCH3 is 1. The lowest BCUT2D eigenvalue weighted by atomic mass is 9.96. The number of benzene rings is 1. The summed E-state index contributed by atoms with van der Waals surface area (Å²) in [6, 6.07) is 7.56. The Labute approximate surface area is 109 Å². The van der Waals surface area contributed by atoms with E-state index < -0.39 is 5.60 Å². The molecule has 1 atom stereocenters. The highest BCUT2D eigenvalue weighted by molar-refractivity contribution is 5.32. The van der Waals surface area contributed by atoms with Crippen LogP contribution >= 0.6 is 0 Å². The van der Waals surface area contributed by atoms with E-state index in [0.29, 0.717) is 19.8 Å². The van der Waals surface area contributed by atoms with E-state index in [1.165, 1.54) is 0 Å². The monoisotopic (exact) mass is 253 g/mol. The first-order valence-electron chi connectivity index (χ1n) is 6.25. The summed E-state index contributed by atoms with van der Waals surface area (Å²) in [5.74, 6) is 0.784. The van der Waals surface area contributed by atoms with Crippen LogP contribution in [0.15, 0.2) is 24.3 Å². The molecular formula is C14H23NO3. The molecule has 0 spiro atoms. The second-order valence-electron chi connectivity index (χ2n) is 4.40. The highest BCUT2D eigenvalue weighted by Crippen LogP contribution is 2.23. The summed E-state index contributed by atoms with van der Waals surface area (Å²) in [7, 11) is 1.66. The molecule has 1 unspecified atom stereocenters. The van der Waals surface area contributed by atoms with Crippen molar-refractivity contribution in [1.82, 2.24) is 5.32 Å². The van der Waals surface area contributed by atoms with E-state index in [-0.39, 0.29) is 0 Å². The minimum Gasteiger partial charge on any atom is -0.494 e. The fourth-order valence-electron chi connectivity index (χ4n) is 1.70. The minimum atomic E-state index is -0.916. The van der Waals surface area contributed by atoms with Crippen molar-refractivity contribution in [2.45, 2.75) is 19.4 Å². The zero-order valence-electron chi connectivity index (χ0n) is 11.4. The molecule has 1 aromatic rings. The van der Waals surface area contributed by atoms with Crippen LogP contribution in [-0.4, -0.2) is 38.5 Å². The highest BCUT2D eigenvalue weighted by Gasteiger charge is 2.22. The van der Waals surface area contributed by atoms with Gasteiger partial charge in [0, 0.05) is 20.2 Å². The van der Waals surface area contributed by atoms with E-state index in [1.807, 2.05) is 31.2 Å². The number of nitrogens with one attached hydrogen (secondary N) is 1. The molecule has 0 radical (unpaired) electrons. The summed E-state index contributed by atoms with van der Waals surface area (Å²) in [6.45, 7) is 6.19. The predicted molar refractivity (Wildman–Crippen MR) is 71.9 cm³/mol. The van der Waals surface area contributed by atoms with Gasteiger partial charge in [-0.25, -0.2) is 0 Å². The molecule has 0 saturated heterocycles. The molecule has 0 fully saturated rings. The molecule has 0 bridgehead atoms. The molecule has 2 N–H and O–H groups in total. The van der Waals surface area contributed by atoms with Crippen LogP contribution in [0.1, 0.15) is 19.4 Å². The van der Waals surface area contributed by atoms with Crippen molar-refractivity contribution in [2.75, 3.05) is 33.4 Å². The van der Waals surface area contributed by atoms with Gasteiger partial charge in [0.15, 0.2) is 0 Å². The van der Waals surface area contributed by atoms with E-state index in [2.05, 4.69) is 5.32 Å². The van der Waals surface area contributed by atoms with Gasteiger partial charge in [0.1, 0.15) is 5.75 Å². The quantitative estimate of drug-likeness (QED) is 0.690. The first-order chi connectivity index (χ1) is 8.60. The van der Waals surface area contributed by atoms with Crippen LogP contribution in [0.25, 0.3) is 0 Å². The van der Waals surface area contributed by atoms with Crippen LogP contribution in [0.4, 0.5) is 0 Å². The SMILES string of the molecule is CCOc1cccc(C(C)(O)CNCCOC)c1. The molecule has 1 aromatic carbocycles. The Bertz CT molecular complexity index is 353. The average molecular weight is 253 g/mol. The second-order valence-corrected chi connectivity index (χ2v) is 4.40. The maximum absolute atomic E-state index is 10.4. The zero-order valence-corrected chi connectivity index (χ0v) is 11.4. The van der Waals surface area contributed by atoms with E-state index in [4.69, 9.17) is 9.47 Å². The summed E-state index contributed by atoms with van der Waals surface area (Å²) < 4.78 is 10.4. The Hall–Kier alpha value is -1.10. The first-order valence-corrected chi connectivity index (χ1v) is 6.25. The van der Waals surface area contributed by atoms with Gasteiger partial charge in [0.2, 0.25) is 0 Å². The molecule has 0 saturated carbocycles. The zero-order chi connectivity index (χ0) is 13.4. The number of ether oxygens (including phenoxy) is 2. The van der Waals surface area contributed by atoms with Gasteiger partial charge in [-0.1, -0.05) is 12.1 Å². The normalized spacial score (nSPS) is 14.2. The Morgan fingerprint density at radius 2 is 2.17 bits per heavy atom. The second kappa shape index (κ2) is 7.36. The fraction of sp³-hybridized carbons (Fsp3) is 0.571. The van der Waals surface area contributed by atoms with Crippen molar-refractivity contribution >= 4 is 0 Å². The lowest BCUT2D eigenvalue weighted by Crippen LogP contribution is -2.36. The average Bonchev–Trinajstić information content (AvgIpc) is 2.36. The Balaban J connectivity index is 2.62. The molecule has 4 nitrogen and oxygen atoms in total. The van der Waals surface area contributed by atoms with Crippen molar-refractivity contribution in [3.8, 4) is 5.75 Å². The van der Waals surface area contributed by atoms with Crippen LogP contribution in [0.2, 0.25) is 0 Å². The summed E-state index contributed by atoms with van der Waals surface area (Å²) in [5, 5.41) is 13.6. The molecule has 0 heterocycles. The number of rotatable bonds is 8. The van der Waals surface area contributed by atoms with Gasteiger partial charge in [-0.05, 0) is 31.5 Å². The van der Waals surface area contributed by atoms with Gasteiger partial charge in [-0.2, -0.15) is 0 Å². The molecule has 0 aliphatic rings. The highest BCUT2D eigenvalue weighted by atomic mass is 16.5. The molecule has 0 aliphatic carbocycles. The Morgan fingerprint density at radius 1 is 1.39 bits per heavy atom. The van der Waals surface area contributed by atoms with Gasteiger partial charge in [0.25, 0.3) is 0 Å². The summed E-state index contributed by atoms with van der Waals surface area (Å²) in [5.41, 5.74) is -0.0701. The third kappa shape index (κ3) is 4.64. The van der Waals surface area contributed by atoms with E-state index in [1.54, 1.807) is 14.0 Å². The van der Waals surface area contributed by atoms with Crippen molar-refractivity contribution in [2.24, 2.45) is 0 Å². The van der Waals surface area contributed by atoms with Crippen molar-refractivity contribution in [3.05, 3.63) is 29.8 Å². The third-order valence-corrected chi connectivity index (χ3v) is 2.72. The van der Waals surface area contributed by atoms with Gasteiger partial charge in [-0.3, -0.25) is 0 Å².